The highest BCUT2D eigenvalue weighted by atomic mass is 32.2. The van der Waals surface area contributed by atoms with Crippen LogP contribution in [0.4, 0.5) is 14.7 Å². The van der Waals surface area contributed by atoms with E-state index in [0.29, 0.717) is 30.2 Å². The number of nitrogens with one attached hydrogen (secondary N) is 1. The predicted octanol–water partition coefficient (Wildman–Crippen LogP) is 3.69. The molecule has 0 spiro atoms. The van der Waals surface area contributed by atoms with Crippen LogP contribution in [-0.2, 0) is 12.3 Å². The van der Waals surface area contributed by atoms with Gasteiger partial charge in [0.05, 0.1) is 11.7 Å². The minimum atomic E-state index is -2.88. The number of benzene rings is 1. The van der Waals surface area contributed by atoms with Crippen LogP contribution in [0.1, 0.15) is 35.7 Å². The first-order valence-corrected chi connectivity index (χ1v) is 10.4. The average molecular weight is 390 g/mol. The van der Waals surface area contributed by atoms with Crippen LogP contribution in [0.25, 0.3) is 11.3 Å². The van der Waals surface area contributed by atoms with Gasteiger partial charge in [0.1, 0.15) is 18.1 Å². The molecule has 1 unspecified atom stereocenters. The van der Waals surface area contributed by atoms with Gasteiger partial charge in [-0.2, -0.15) is 8.78 Å². The highest BCUT2D eigenvalue weighted by Gasteiger charge is 2.43. The summed E-state index contributed by atoms with van der Waals surface area (Å²) in [5, 5.41) is 0. The van der Waals surface area contributed by atoms with Crippen LogP contribution in [0, 0.1) is 0 Å². The van der Waals surface area contributed by atoms with Gasteiger partial charge in [0.25, 0.3) is 5.92 Å². The highest BCUT2D eigenvalue weighted by Crippen LogP contribution is 2.45. The van der Waals surface area contributed by atoms with Crippen LogP contribution in [-0.4, -0.2) is 35.9 Å². The van der Waals surface area contributed by atoms with E-state index in [0.717, 1.165) is 36.4 Å². The average Bonchev–Trinajstić information content (AvgIpc) is 3.14. The third-order valence-corrected chi connectivity index (χ3v) is 6.02. The number of alkyl halides is 2. The van der Waals surface area contributed by atoms with Gasteiger partial charge in [0.2, 0.25) is 5.95 Å². The first kappa shape index (κ1) is 17.2. The van der Waals surface area contributed by atoms with Crippen molar-refractivity contribution in [1.29, 1.82) is 0 Å². The molecule has 5 rings (SSSR count). The van der Waals surface area contributed by atoms with Crippen molar-refractivity contribution < 1.29 is 13.5 Å². The van der Waals surface area contributed by atoms with Crippen LogP contribution in [0.15, 0.2) is 18.2 Å². The van der Waals surface area contributed by atoms with E-state index >= 15 is 0 Å². The molecule has 1 saturated heterocycles. The first-order valence-electron chi connectivity index (χ1n) is 9.16. The van der Waals surface area contributed by atoms with Gasteiger partial charge >= 0.3 is 0 Å². The monoisotopic (exact) mass is 390 g/mol. The van der Waals surface area contributed by atoms with Gasteiger partial charge < -0.3 is 9.64 Å². The molecular formula is C19H20F2N4OS. The van der Waals surface area contributed by atoms with E-state index in [1.165, 1.54) is 0 Å². The lowest BCUT2D eigenvalue weighted by Crippen LogP contribution is -2.38. The molecule has 8 heteroatoms. The van der Waals surface area contributed by atoms with Crippen LogP contribution in [0.2, 0.25) is 0 Å². The van der Waals surface area contributed by atoms with E-state index in [-0.39, 0.29) is 18.2 Å². The Labute approximate surface area is 160 Å². The zero-order valence-corrected chi connectivity index (χ0v) is 15.8. The Bertz CT molecular complexity index is 904. The Kier molecular flexibility index (Phi) is 4.01. The lowest BCUT2D eigenvalue weighted by Gasteiger charge is -2.31. The number of rotatable bonds is 4. The predicted molar refractivity (Wildman–Crippen MR) is 101 cm³/mol. The van der Waals surface area contributed by atoms with Gasteiger partial charge in [0, 0.05) is 36.2 Å². The maximum Gasteiger partial charge on any atom is 0.290 e. The van der Waals surface area contributed by atoms with Crippen LogP contribution in [0.3, 0.4) is 0 Å². The molecule has 5 nitrogen and oxygen atoms in total. The smallest absolute Gasteiger partial charge is 0.290 e. The molecule has 1 aromatic heterocycles. The van der Waals surface area contributed by atoms with Crippen molar-refractivity contribution in [3.8, 4) is 17.0 Å². The summed E-state index contributed by atoms with van der Waals surface area (Å²) >= 11 is 1.55. The molecule has 3 heterocycles. The van der Waals surface area contributed by atoms with Crippen molar-refractivity contribution in [1.82, 2.24) is 14.7 Å². The highest BCUT2D eigenvalue weighted by molar-refractivity contribution is 7.96. The van der Waals surface area contributed by atoms with E-state index < -0.39 is 5.92 Å². The lowest BCUT2D eigenvalue weighted by atomic mass is 10.0. The largest absolute Gasteiger partial charge is 0.491 e. The Balaban J connectivity index is 1.60. The Morgan fingerprint density at radius 1 is 1.30 bits per heavy atom. The topological polar surface area (TPSA) is 50.3 Å². The van der Waals surface area contributed by atoms with Gasteiger partial charge in [0.15, 0.2) is 0 Å². The van der Waals surface area contributed by atoms with Crippen molar-refractivity contribution in [2.75, 3.05) is 30.9 Å². The minimum absolute atomic E-state index is 0.0993. The molecule has 0 radical (unpaired) electrons. The molecule has 3 aliphatic rings. The number of ether oxygens (including phenoxy) is 1. The van der Waals surface area contributed by atoms with E-state index in [1.54, 1.807) is 11.9 Å². The second-order valence-electron chi connectivity index (χ2n) is 7.18. The fraction of sp³-hybridized carbons (Fsp3) is 0.474. The molecule has 2 aliphatic heterocycles. The summed E-state index contributed by atoms with van der Waals surface area (Å²) in [6, 6.07) is 6.04. The standard InChI is InChI=1S/C19H20F2N4OS/c1-27-24-14-10-26-15-9-11(3-4-12(14)15)16-13-5-6-19(20,21)17(13)23-18(22-16)25-7-2-8-25/h3-4,9,14,24H,2,5-8,10H2,1H3. The molecule has 1 atom stereocenters. The fourth-order valence-electron chi connectivity index (χ4n) is 3.91. The Morgan fingerprint density at radius 2 is 2.15 bits per heavy atom. The lowest BCUT2D eigenvalue weighted by molar-refractivity contribution is -0.00593. The molecule has 27 heavy (non-hydrogen) atoms. The summed E-state index contributed by atoms with van der Waals surface area (Å²) in [5.41, 5.74) is 2.99. The number of aromatic nitrogens is 2. The molecule has 0 saturated carbocycles. The normalized spacial score (nSPS) is 22.2. The van der Waals surface area contributed by atoms with E-state index in [9.17, 15) is 8.78 Å². The number of anilines is 1. The second kappa shape index (κ2) is 6.31. The number of hydrogen-bond donors (Lipinski definition) is 1. The van der Waals surface area contributed by atoms with Crippen molar-refractivity contribution >= 4 is 17.9 Å². The number of halogens is 2. The maximum absolute atomic E-state index is 14.4. The number of fused-ring (bicyclic) bond motifs is 2. The molecule has 0 bridgehead atoms. The van der Waals surface area contributed by atoms with Crippen molar-refractivity contribution in [2.24, 2.45) is 0 Å². The van der Waals surface area contributed by atoms with Crippen LogP contribution >= 0.6 is 11.9 Å². The third-order valence-electron chi connectivity index (χ3n) is 5.50. The minimum Gasteiger partial charge on any atom is -0.491 e. The van der Waals surface area contributed by atoms with E-state index in [1.807, 2.05) is 29.4 Å². The molecule has 142 valence electrons. The third kappa shape index (κ3) is 2.77. The molecule has 1 aliphatic carbocycles. The second-order valence-corrected chi connectivity index (χ2v) is 7.83. The molecule has 1 N–H and O–H groups in total. The molecule has 1 aromatic carbocycles. The summed E-state index contributed by atoms with van der Waals surface area (Å²) < 4.78 is 37.9. The van der Waals surface area contributed by atoms with Crippen molar-refractivity contribution in [3.63, 3.8) is 0 Å². The Hall–Kier alpha value is -1.93. The van der Waals surface area contributed by atoms with Crippen molar-refractivity contribution in [2.45, 2.75) is 31.2 Å². The van der Waals surface area contributed by atoms with Gasteiger partial charge in [-0.3, -0.25) is 4.72 Å². The number of nitrogens with zero attached hydrogens (tertiary/aromatic N) is 3. The van der Waals surface area contributed by atoms with E-state index in [2.05, 4.69) is 14.7 Å². The molecule has 1 fully saturated rings. The van der Waals surface area contributed by atoms with Crippen LogP contribution < -0.4 is 14.4 Å². The van der Waals surface area contributed by atoms with Gasteiger partial charge in [-0.25, -0.2) is 9.97 Å². The number of hydrogen-bond acceptors (Lipinski definition) is 6. The van der Waals surface area contributed by atoms with Gasteiger partial charge in [-0.1, -0.05) is 24.1 Å². The molecular weight excluding hydrogens is 370 g/mol. The molecule has 0 amide bonds. The quantitative estimate of drug-likeness (QED) is 0.804. The SMILES string of the molecule is CSNC1COc2cc(-c3nc(N4CCC4)nc4c3CCC4(F)F)ccc21. The van der Waals surface area contributed by atoms with E-state index in [4.69, 9.17) is 4.74 Å². The fourth-order valence-corrected chi connectivity index (χ4v) is 4.38. The zero-order valence-electron chi connectivity index (χ0n) is 15.0. The van der Waals surface area contributed by atoms with Crippen LogP contribution in [0.5, 0.6) is 5.75 Å². The maximum atomic E-state index is 14.4. The van der Waals surface area contributed by atoms with Gasteiger partial charge in [-0.05, 0) is 25.2 Å². The molecule has 2 aromatic rings. The van der Waals surface area contributed by atoms with Gasteiger partial charge in [-0.15, -0.1) is 0 Å². The van der Waals surface area contributed by atoms with Crippen molar-refractivity contribution in [3.05, 3.63) is 35.0 Å². The summed E-state index contributed by atoms with van der Waals surface area (Å²) in [6.07, 6.45) is 3.12. The first-order chi connectivity index (χ1) is 13.1. The summed E-state index contributed by atoms with van der Waals surface area (Å²) in [5.74, 6) is -1.67. The summed E-state index contributed by atoms with van der Waals surface area (Å²) in [4.78, 5) is 10.9. The Morgan fingerprint density at radius 3 is 2.89 bits per heavy atom. The zero-order chi connectivity index (χ0) is 18.6. The summed E-state index contributed by atoms with van der Waals surface area (Å²) in [7, 11) is 0. The summed E-state index contributed by atoms with van der Waals surface area (Å²) in [6.45, 7) is 2.21.